The Morgan fingerprint density at radius 3 is 1.12 bits per heavy atom. The van der Waals surface area contributed by atoms with E-state index < -0.39 is 0 Å². The first-order valence-electron chi connectivity index (χ1n) is 37.4. The molecule has 0 spiro atoms. The third-order valence-electron chi connectivity index (χ3n) is 18.9. The van der Waals surface area contributed by atoms with E-state index in [2.05, 4.69) is 278 Å². The molecule has 12 aromatic carbocycles. The molecule has 16 heteroatoms. The Morgan fingerprint density at radius 2 is 0.720 bits per heavy atom. The predicted molar refractivity (Wildman–Crippen MR) is 473 cm³/mol. The normalized spacial score (nSPS) is 10.3. The van der Waals surface area contributed by atoms with Crippen molar-refractivity contribution >= 4 is 33.3 Å². The summed E-state index contributed by atoms with van der Waals surface area (Å²) >= 11 is 1.63. The maximum atomic E-state index is 5.97. The van der Waals surface area contributed by atoms with Crippen LogP contribution in [0.2, 0.25) is 0 Å². The number of thiazole rings is 1. The fraction of sp³-hybridized carbons (Fsp3) is 0.0980. The molecule has 12 nitrogen and oxygen atoms in total. The summed E-state index contributed by atoms with van der Waals surface area (Å²) in [7, 11) is 0. The Labute approximate surface area is 738 Å². The van der Waals surface area contributed by atoms with E-state index in [0.717, 1.165) is 106 Å². The first-order chi connectivity index (χ1) is 55.1. The second-order valence-electron chi connectivity index (χ2n) is 27.4. The van der Waals surface area contributed by atoms with Gasteiger partial charge in [-0.05, 0) is 162 Å². The minimum Gasteiger partial charge on any atom is -0.456 e. The first-order valence-corrected chi connectivity index (χ1v) is 38.2. The molecule has 7 heterocycles. The zero-order chi connectivity index (χ0) is 78.2. The van der Waals surface area contributed by atoms with Crippen LogP contribution in [-0.2, 0) is 60.3 Å². The zero-order valence-electron chi connectivity index (χ0n) is 67.8. The van der Waals surface area contributed by atoms with E-state index in [0.29, 0.717) is 0 Å². The van der Waals surface area contributed by atoms with Crippen molar-refractivity contribution in [2.75, 3.05) is 0 Å². The molecule has 0 aliphatic rings. The fourth-order valence-corrected chi connectivity index (χ4v) is 14.5. The van der Waals surface area contributed by atoms with Gasteiger partial charge in [-0.2, -0.15) is 140 Å². The molecule has 0 saturated carbocycles. The van der Waals surface area contributed by atoms with Gasteiger partial charge in [0, 0.05) is 89.3 Å². The topological polar surface area (TPSA) is 115 Å². The molecule has 0 bridgehead atoms. The summed E-state index contributed by atoms with van der Waals surface area (Å²) in [5.74, 6) is 0. The van der Waals surface area contributed by atoms with Crippen LogP contribution in [0.4, 0.5) is 0 Å². The van der Waals surface area contributed by atoms with Crippen molar-refractivity contribution < 1.29 is 64.7 Å². The molecule has 118 heavy (non-hydrogen) atoms. The maximum absolute atomic E-state index is 5.97. The van der Waals surface area contributed by atoms with Gasteiger partial charge in [-0.1, -0.05) is 154 Å². The SMILES string of the molecule is Cc1cc(C)n(-c2[c-]cc(-c3c(C)cc(-c4ccccc4)cc3C)cc2)n1.Cc1cc(C)n(-c2[c-]cc(-c3c(C)cc(-c4ccccc4)cc3C)cc2)n1.Cc1cc(C)n(-c2[c-]cccc2)n1.[CH3-].[CH3-].[Ir+3].[Ir+3].[Ir].[c-]1cc(-c2ccc3c(c2)oc2ccccc23)ccc1-n1cccn1.[c-]1ccccc1-c1nccs1.[c-]1ccccc1-n1cccn1. The molecule has 0 atom stereocenters. The summed E-state index contributed by atoms with van der Waals surface area (Å²) in [6.07, 6.45) is 9.12. The Kier molecular flexibility index (Phi) is 32.6. The van der Waals surface area contributed by atoms with E-state index in [4.69, 9.17) is 4.42 Å². The molecule has 7 aromatic heterocycles. The molecular formula is C102H89Ir3N11OS-2. The van der Waals surface area contributed by atoms with Crippen molar-refractivity contribution in [1.82, 2.24) is 53.9 Å². The molecule has 1 radical (unpaired) electrons. The molecule has 593 valence electrons. The van der Waals surface area contributed by atoms with Gasteiger partial charge < -0.3 is 19.3 Å². The Bertz CT molecular complexity index is 5950. The third kappa shape index (κ3) is 22.2. The smallest absolute Gasteiger partial charge is 0.456 e. The third-order valence-corrected chi connectivity index (χ3v) is 19.7. The average Bonchev–Trinajstić information content (AvgIpc) is 1.54. The van der Waals surface area contributed by atoms with Crippen LogP contribution in [0.25, 0.3) is 117 Å². The minimum atomic E-state index is 0. The maximum Gasteiger partial charge on any atom is 3.00 e. The van der Waals surface area contributed by atoms with Gasteiger partial charge in [-0.15, -0.1) is 82.9 Å². The molecule has 0 aliphatic heterocycles. The Morgan fingerprint density at radius 1 is 0.322 bits per heavy atom. The summed E-state index contributed by atoms with van der Waals surface area (Å²) in [5, 5.41) is 27.1. The number of benzene rings is 12. The van der Waals surface area contributed by atoms with Gasteiger partial charge in [-0.25, -0.2) is 0 Å². The number of fused-ring (bicyclic) bond motifs is 3. The van der Waals surface area contributed by atoms with Gasteiger partial charge in [0.15, 0.2) is 0 Å². The van der Waals surface area contributed by atoms with Crippen molar-refractivity contribution in [3.63, 3.8) is 0 Å². The summed E-state index contributed by atoms with van der Waals surface area (Å²) in [6, 6.07) is 116. The van der Waals surface area contributed by atoms with E-state index in [1.807, 2.05) is 175 Å². The van der Waals surface area contributed by atoms with E-state index in [1.165, 1.54) is 66.8 Å². The Hall–Kier alpha value is -11.9. The number of furan rings is 1. The number of rotatable bonds is 11. The number of hydrogen-bond donors (Lipinski definition) is 0. The summed E-state index contributed by atoms with van der Waals surface area (Å²) in [4.78, 5) is 4.17. The minimum absolute atomic E-state index is 0. The van der Waals surface area contributed by atoms with Crippen LogP contribution in [0.3, 0.4) is 0 Å². The molecule has 19 rings (SSSR count). The van der Waals surface area contributed by atoms with Gasteiger partial charge in [0.1, 0.15) is 11.2 Å². The second-order valence-corrected chi connectivity index (χ2v) is 28.3. The number of nitrogens with zero attached hydrogens (tertiary/aromatic N) is 11. The largest absolute Gasteiger partial charge is 3.00 e. The van der Waals surface area contributed by atoms with Gasteiger partial charge in [0.25, 0.3) is 0 Å². The van der Waals surface area contributed by atoms with E-state index in [1.54, 1.807) is 39.3 Å². The molecule has 0 N–H and O–H groups in total. The molecule has 0 saturated heterocycles. The standard InChI is InChI=1S/2C25H23N2.C21H13N2O.C11H11N2.C9H7N2.C9H6NS.2CH3.3Ir/c2*1-17-14-23(21-8-6-5-7-9-21)15-18(2)25(17)22-10-12-24(13-11-22)27-20(4)16-19(3)26-27;1-2-5-20-18(4-1)19-11-8-16(14-21(19)24-20)15-6-9-17(10-7-15)23-13-3-12-22-23;1-9-8-10(2)13(12-9)11-6-4-3-5-7-11;1-2-5-9(6-3-1)11-8-4-7-10-11;1-2-4-8(5-3-1)9-10-6-7-11-9;;;;;/h2*5-12,14-16H,1-4H3;1-9,11-14H;3-6,8H,1-2H3;1-5,7-8H;1-4,6-7H;2*1H3;;;/q8*-1;;2*+3. The van der Waals surface area contributed by atoms with Crippen molar-refractivity contribution in [1.29, 1.82) is 0 Å². The van der Waals surface area contributed by atoms with Crippen molar-refractivity contribution in [3.05, 3.63) is 429 Å². The molecule has 19 aromatic rings. The van der Waals surface area contributed by atoms with Gasteiger partial charge in [0.2, 0.25) is 0 Å². The average molecular weight is 2090 g/mol. The zero-order valence-corrected chi connectivity index (χ0v) is 75.8. The van der Waals surface area contributed by atoms with Crippen LogP contribution in [0, 0.1) is 120 Å². The van der Waals surface area contributed by atoms with Crippen LogP contribution >= 0.6 is 11.3 Å². The van der Waals surface area contributed by atoms with Crippen LogP contribution in [-0.4, -0.2) is 53.9 Å². The van der Waals surface area contributed by atoms with E-state index >= 15 is 0 Å². The fourth-order valence-electron chi connectivity index (χ4n) is 13.8. The summed E-state index contributed by atoms with van der Waals surface area (Å²) < 4.78 is 15.3. The second kappa shape index (κ2) is 42.8. The number of para-hydroxylation sites is 3. The molecule has 0 amide bonds. The van der Waals surface area contributed by atoms with Gasteiger partial charge in [0.05, 0.1) is 17.1 Å². The predicted octanol–water partition coefficient (Wildman–Crippen LogP) is 25.2. The van der Waals surface area contributed by atoms with Crippen LogP contribution in [0.5, 0.6) is 0 Å². The first kappa shape index (κ1) is 90.0. The van der Waals surface area contributed by atoms with E-state index in [-0.39, 0.29) is 75.2 Å². The van der Waals surface area contributed by atoms with E-state index in [9.17, 15) is 0 Å². The van der Waals surface area contributed by atoms with Crippen LogP contribution < -0.4 is 0 Å². The number of hydrogen-bond acceptors (Lipinski definition) is 8. The summed E-state index contributed by atoms with van der Waals surface area (Å²) in [5.41, 5.74) is 31.5. The molecular weight excluding hydrogens is 2000 g/mol. The van der Waals surface area contributed by atoms with Crippen LogP contribution in [0.15, 0.2) is 326 Å². The summed E-state index contributed by atoms with van der Waals surface area (Å²) in [6.45, 7) is 20.9. The van der Waals surface area contributed by atoms with Crippen molar-refractivity contribution in [3.8, 4) is 94.6 Å². The molecule has 0 unspecified atom stereocenters. The van der Waals surface area contributed by atoms with Gasteiger partial charge >= 0.3 is 40.2 Å². The Balaban J connectivity index is 0.000000166. The number of aromatic nitrogens is 11. The molecule has 0 aliphatic carbocycles. The van der Waals surface area contributed by atoms with Crippen molar-refractivity contribution in [2.45, 2.75) is 69.2 Å². The van der Waals surface area contributed by atoms with Gasteiger partial charge in [-0.3, -0.25) is 28.4 Å². The van der Waals surface area contributed by atoms with Crippen LogP contribution in [0.1, 0.15) is 56.4 Å². The van der Waals surface area contributed by atoms with Crippen molar-refractivity contribution in [2.24, 2.45) is 0 Å². The quantitative estimate of drug-likeness (QED) is 0.118. The molecule has 0 fully saturated rings. The number of aryl methyl sites for hydroxylation is 10. The monoisotopic (exact) mass is 2090 g/mol.